The van der Waals surface area contributed by atoms with Crippen molar-refractivity contribution >= 4 is 19.8 Å². The lowest BCUT2D eigenvalue weighted by atomic mass is 10.0. The van der Waals surface area contributed by atoms with Crippen LogP contribution in [-0.2, 0) is 32.7 Å². The summed E-state index contributed by atoms with van der Waals surface area (Å²) in [5.41, 5.74) is 0. The molecule has 0 spiro atoms. The Kier molecular flexibility index (Phi) is 68.8. The largest absolute Gasteiger partial charge is 0.472 e. The third-order valence-corrected chi connectivity index (χ3v) is 18.2. The number of unbranched alkanes of at least 4 members (excludes halogenated alkanes) is 46. The lowest BCUT2D eigenvalue weighted by Crippen LogP contribution is -2.37. The number of nitrogens with zero attached hydrogens (tertiary/aromatic N) is 1. The number of phosphoric acid groups is 1. The van der Waals surface area contributed by atoms with Crippen molar-refractivity contribution in [2.75, 3.05) is 47.5 Å². The molecule has 0 fully saturated rings. The van der Waals surface area contributed by atoms with Gasteiger partial charge in [0.15, 0.2) is 6.10 Å². The van der Waals surface area contributed by atoms with Crippen LogP contribution in [0.3, 0.4) is 0 Å². The van der Waals surface area contributed by atoms with Gasteiger partial charge in [-0.15, -0.1) is 0 Å². The van der Waals surface area contributed by atoms with Gasteiger partial charge in [0.05, 0.1) is 27.7 Å². The Hall–Kier alpha value is -2.55. The van der Waals surface area contributed by atoms with Gasteiger partial charge in [0.25, 0.3) is 0 Å². The molecule has 0 aromatic rings. The van der Waals surface area contributed by atoms with Crippen LogP contribution in [0.15, 0.2) is 72.9 Å². The van der Waals surface area contributed by atoms with Crippen LogP contribution in [0.1, 0.15) is 373 Å². The number of hydrogen-bond donors (Lipinski definition) is 1. The van der Waals surface area contributed by atoms with Crippen LogP contribution in [0.4, 0.5) is 0 Å². The van der Waals surface area contributed by atoms with Crippen LogP contribution >= 0.6 is 7.82 Å². The minimum atomic E-state index is -4.40. The van der Waals surface area contributed by atoms with Crippen LogP contribution in [-0.4, -0.2) is 74.9 Å². The lowest BCUT2D eigenvalue weighted by molar-refractivity contribution is -0.870. The Balaban J connectivity index is 3.93. The van der Waals surface area contributed by atoms with Crippen molar-refractivity contribution in [1.82, 2.24) is 0 Å². The highest BCUT2D eigenvalue weighted by molar-refractivity contribution is 7.47. The van der Waals surface area contributed by atoms with Crippen molar-refractivity contribution in [1.29, 1.82) is 0 Å². The zero-order chi connectivity index (χ0) is 65.5. The van der Waals surface area contributed by atoms with Gasteiger partial charge in [-0.05, 0) is 64.2 Å². The maximum atomic E-state index is 12.9. The number of carbonyl (C=O) groups is 2. The molecule has 0 aromatic heterocycles. The molecule has 10 heteroatoms. The van der Waals surface area contributed by atoms with Gasteiger partial charge in [-0.2, -0.15) is 0 Å². The Morgan fingerprint density at radius 1 is 0.356 bits per heavy atom. The SMILES string of the molecule is CC/C=C\C/C=C\C/C=C\C/C=C\C/C=C\C/C=C\CCCCCCCCCCC(=O)OC(COC(=O)CCCCCCCCCCCCCCCCCCCCCCCCCCCCCCCCCCCCCCCCC)COP(=O)(O)OCC[N+](C)(C)C. The van der Waals surface area contributed by atoms with Crippen LogP contribution in [0.2, 0.25) is 0 Å². The fourth-order valence-electron chi connectivity index (χ4n) is 11.4. The van der Waals surface area contributed by atoms with E-state index in [1.165, 1.54) is 257 Å². The first kappa shape index (κ1) is 87.5. The van der Waals surface area contributed by atoms with Gasteiger partial charge in [-0.3, -0.25) is 18.6 Å². The quantitative estimate of drug-likeness (QED) is 0.0211. The number of esters is 2. The van der Waals surface area contributed by atoms with Gasteiger partial charge in [0.1, 0.15) is 19.8 Å². The molecule has 0 rings (SSSR count). The Bertz CT molecular complexity index is 1750. The number of ether oxygens (including phenoxy) is 2. The molecule has 0 aliphatic heterocycles. The van der Waals surface area contributed by atoms with Gasteiger partial charge in [0.2, 0.25) is 0 Å². The first-order chi connectivity index (χ1) is 44.0. The van der Waals surface area contributed by atoms with Crippen molar-refractivity contribution in [3.05, 3.63) is 72.9 Å². The number of phosphoric ester groups is 1. The summed E-state index contributed by atoms with van der Waals surface area (Å²) in [5, 5.41) is 0. The lowest BCUT2D eigenvalue weighted by Gasteiger charge is -2.24. The smallest absolute Gasteiger partial charge is 0.462 e. The molecule has 2 atom stereocenters. The highest BCUT2D eigenvalue weighted by atomic mass is 31.2. The van der Waals surface area contributed by atoms with E-state index in [2.05, 4.69) is 86.8 Å². The van der Waals surface area contributed by atoms with E-state index in [0.717, 1.165) is 83.5 Å². The number of allylic oxidation sites excluding steroid dienone is 12. The number of hydrogen-bond acceptors (Lipinski definition) is 7. The molecular weight excluding hydrogens is 1130 g/mol. The Morgan fingerprint density at radius 3 is 0.944 bits per heavy atom. The molecule has 0 aliphatic carbocycles. The minimum absolute atomic E-state index is 0.0286. The van der Waals surface area contributed by atoms with Crippen molar-refractivity contribution in [2.45, 2.75) is 380 Å². The monoisotopic (exact) mass is 1280 g/mol. The van der Waals surface area contributed by atoms with E-state index in [4.69, 9.17) is 18.5 Å². The first-order valence-corrected chi connectivity index (χ1v) is 40.2. The number of quaternary nitrogens is 1. The molecular formula is C80H149NO8P+. The second-order valence-corrected chi connectivity index (χ2v) is 28.8. The fraction of sp³-hybridized carbons (Fsp3) is 0.825. The van der Waals surface area contributed by atoms with Gasteiger partial charge >= 0.3 is 19.8 Å². The van der Waals surface area contributed by atoms with E-state index in [1.54, 1.807) is 0 Å². The highest BCUT2D eigenvalue weighted by Crippen LogP contribution is 2.43. The zero-order valence-corrected chi connectivity index (χ0v) is 61.0. The fourth-order valence-corrected chi connectivity index (χ4v) is 12.1. The molecule has 0 bridgehead atoms. The second kappa shape index (κ2) is 70.8. The van der Waals surface area contributed by atoms with Crippen LogP contribution in [0, 0.1) is 0 Å². The van der Waals surface area contributed by atoms with Crippen LogP contribution in [0.5, 0.6) is 0 Å². The summed E-state index contributed by atoms with van der Waals surface area (Å²) in [6.45, 7) is 4.36. The standard InChI is InChI=1S/C80H148NO8P/c1-6-8-10-12-14-16-18-20-22-24-26-28-30-32-34-35-36-37-38-39-40-41-42-43-44-45-47-48-50-52-54-56-58-60-62-64-66-68-70-72-79(82)86-76-78(77-88-90(84,85)87-75-74-81(3,4)5)89-80(83)73-71-69-67-65-63-61-59-57-55-53-51-49-46-33-31-29-27-25-23-21-19-17-15-13-11-9-7-2/h9,11,15,17,21,23,27,29,33,46,51,53,78H,6-8,10,12-14,16,18-20,22,24-26,28,30-32,34-45,47-50,52,54-77H2,1-5H3/p+1/b11-9-,17-15-,23-21-,29-27-,46-33-,53-51-. The van der Waals surface area contributed by atoms with E-state index < -0.39 is 26.5 Å². The molecule has 0 aliphatic rings. The summed E-state index contributed by atoms with van der Waals surface area (Å²) in [4.78, 5) is 35.9. The molecule has 526 valence electrons. The first-order valence-electron chi connectivity index (χ1n) is 38.7. The normalized spacial score (nSPS) is 13.4. The summed E-state index contributed by atoms with van der Waals surface area (Å²) in [6.07, 6.45) is 96.2. The Morgan fingerprint density at radius 2 is 0.633 bits per heavy atom. The van der Waals surface area contributed by atoms with Crippen LogP contribution in [0.25, 0.3) is 0 Å². The van der Waals surface area contributed by atoms with E-state index in [9.17, 15) is 19.0 Å². The maximum Gasteiger partial charge on any atom is 0.472 e. The maximum absolute atomic E-state index is 12.9. The van der Waals surface area contributed by atoms with Crippen molar-refractivity contribution in [2.24, 2.45) is 0 Å². The number of rotatable bonds is 72. The summed E-state index contributed by atoms with van der Waals surface area (Å²) in [6, 6.07) is 0. The van der Waals surface area contributed by atoms with Crippen molar-refractivity contribution in [3.63, 3.8) is 0 Å². The average Bonchev–Trinajstić information content (AvgIpc) is 3.61. The van der Waals surface area contributed by atoms with Crippen molar-refractivity contribution < 1.29 is 42.1 Å². The van der Waals surface area contributed by atoms with Gasteiger partial charge in [-0.1, -0.05) is 369 Å². The molecule has 1 N–H and O–H groups in total. The molecule has 90 heavy (non-hydrogen) atoms. The topological polar surface area (TPSA) is 108 Å². The predicted octanol–water partition coefficient (Wildman–Crippen LogP) is 25.5. The molecule has 2 unspecified atom stereocenters. The van der Waals surface area contributed by atoms with Gasteiger partial charge < -0.3 is 18.9 Å². The van der Waals surface area contributed by atoms with Gasteiger partial charge in [0, 0.05) is 12.8 Å². The molecule has 0 amide bonds. The summed E-state index contributed by atoms with van der Waals surface area (Å²) < 4.78 is 34.8. The second-order valence-electron chi connectivity index (χ2n) is 27.4. The summed E-state index contributed by atoms with van der Waals surface area (Å²) in [5.74, 6) is -0.794. The number of carbonyl (C=O) groups excluding carboxylic acids is 2. The van der Waals surface area contributed by atoms with E-state index in [0.29, 0.717) is 17.4 Å². The summed E-state index contributed by atoms with van der Waals surface area (Å²) >= 11 is 0. The van der Waals surface area contributed by atoms with Crippen LogP contribution < -0.4 is 0 Å². The highest BCUT2D eigenvalue weighted by Gasteiger charge is 2.27. The molecule has 0 saturated carbocycles. The molecule has 0 radical (unpaired) electrons. The van der Waals surface area contributed by atoms with E-state index >= 15 is 0 Å². The molecule has 0 saturated heterocycles. The predicted molar refractivity (Wildman–Crippen MR) is 390 cm³/mol. The van der Waals surface area contributed by atoms with Crippen molar-refractivity contribution in [3.8, 4) is 0 Å². The van der Waals surface area contributed by atoms with Gasteiger partial charge in [-0.25, -0.2) is 4.57 Å². The number of likely N-dealkylation sites (N-methyl/N-ethyl adjacent to an activating group) is 1. The third-order valence-electron chi connectivity index (χ3n) is 17.3. The average molecular weight is 1280 g/mol. The minimum Gasteiger partial charge on any atom is -0.462 e. The molecule has 0 aromatic carbocycles. The molecule has 0 heterocycles. The molecule has 9 nitrogen and oxygen atoms in total. The summed E-state index contributed by atoms with van der Waals surface area (Å²) in [7, 11) is 1.48. The van der Waals surface area contributed by atoms with E-state index in [1.807, 2.05) is 21.1 Å². The zero-order valence-electron chi connectivity index (χ0n) is 60.1. The Labute approximate surface area is 559 Å². The van der Waals surface area contributed by atoms with E-state index in [-0.39, 0.29) is 32.0 Å². The third kappa shape index (κ3) is 74.5.